The number of Topliss-reactive ketones (excluding diaryl/α,β-unsaturated/α-hetero) is 1. The molecule has 7 heteroatoms. The van der Waals surface area contributed by atoms with E-state index >= 15 is 0 Å². The van der Waals surface area contributed by atoms with Crippen LogP contribution in [0.4, 0.5) is 13.2 Å². The minimum atomic E-state index is -4.80. The summed E-state index contributed by atoms with van der Waals surface area (Å²) in [6, 6.07) is 5.86. The van der Waals surface area contributed by atoms with Crippen LogP contribution in [-0.4, -0.2) is 29.6 Å². The van der Waals surface area contributed by atoms with Crippen LogP contribution in [0.3, 0.4) is 0 Å². The first kappa shape index (κ1) is 15.0. The third-order valence-electron chi connectivity index (χ3n) is 2.24. The van der Waals surface area contributed by atoms with Crippen LogP contribution in [0.15, 0.2) is 24.3 Å². The van der Waals surface area contributed by atoms with Crippen molar-refractivity contribution in [1.82, 2.24) is 0 Å². The molecule has 1 aromatic carbocycles. The van der Waals surface area contributed by atoms with Crippen molar-refractivity contribution in [2.24, 2.45) is 0 Å². The third kappa shape index (κ3) is 5.41. The summed E-state index contributed by atoms with van der Waals surface area (Å²) >= 11 is 0. The van der Waals surface area contributed by atoms with Gasteiger partial charge >= 0.3 is 12.1 Å². The number of alkyl halides is 3. The molecule has 1 rings (SSSR count). The van der Waals surface area contributed by atoms with Gasteiger partial charge in [0, 0.05) is 6.42 Å². The average molecular weight is 276 g/mol. The van der Waals surface area contributed by atoms with Crippen LogP contribution in [0.5, 0.6) is 5.75 Å². The molecule has 0 bridgehead atoms. The van der Waals surface area contributed by atoms with Gasteiger partial charge in [0.25, 0.3) is 0 Å². The van der Waals surface area contributed by atoms with E-state index in [0.717, 1.165) is 0 Å². The number of carbonyl (C=O) groups excluding carboxylic acids is 1. The Balaban J connectivity index is 2.49. The van der Waals surface area contributed by atoms with Crippen molar-refractivity contribution in [2.45, 2.75) is 19.0 Å². The minimum absolute atomic E-state index is 0.0302. The number of halogens is 3. The molecule has 0 atom stereocenters. The second-order valence-corrected chi connectivity index (χ2v) is 3.75. The maximum atomic E-state index is 12.0. The molecule has 0 spiro atoms. The van der Waals surface area contributed by atoms with Gasteiger partial charge in [0.05, 0.1) is 0 Å². The number of carboxylic acids is 1. The van der Waals surface area contributed by atoms with E-state index in [1.165, 1.54) is 24.3 Å². The number of rotatable bonds is 6. The van der Waals surface area contributed by atoms with Gasteiger partial charge in [0.2, 0.25) is 5.78 Å². The highest BCUT2D eigenvalue weighted by Gasteiger charge is 2.37. The molecular formula is C12H11F3O4. The summed E-state index contributed by atoms with van der Waals surface area (Å²) in [6.45, 7) is -0.494. The number of aliphatic carboxylic acids is 1. The van der Waals surface area contributed by atoms with E-state index in [-0.39, 0.29) is 6.42 Å². The summed E-state index contributed by atoms with van der Waals surface area (Å²) in [5.41, 5.74) is 0.542. The van der Waals surface area contributed by atoms with Crippen LogP contribution in [0.1, 0.15) is 12.0 Å². The molecular weight excluding hydrogens is 265 g/mol. The minimum Gasteiger partial charge on any atom is -0.482 e. The number of carboxylic acid groups (broad SMARTS) is 1. The molecule has 19 heavy (non-hydrogen) atoms. The van der Waals surface area contributed by atoms with Crippen LogP contribution < -0.4 is 4.74 Å². The lowest BCUT2D eigenvalue weighted by Gasteiger charge is -2.06. The summed E-state index contributed by atoms with van der Waals surface area (Å²) in [5, 5.41) is 8.38. The van der Waals surface area contributed by atoms with Gasteiger partial charge in [-0.2, -0.15) is 13.2 Å². The molecule has 0 aliphatic carbocycles. The summed E-state index contributed by atoms with van der Waals surface area (Å²) < 4.78 is 40.8. The van der Waals surface area contributed by atoms with Crippen LogP contribution in [-0.2, 0) is 16.0 Å². The first-order valence-corrected chi connectivity index (χ1v) is 5.32. The summed E-state index contributed by atoms with van der Waals surface area (Å²) in [5.74, 6) is -2.59. The highest BCUT2D eigenvalue weighted by molar-refractivity contribution is 5.84. The van der Waals surface area contributed by atoms with Gasteiger partial charge in [0.1, 0.15) is 5.75 Å². The Bertz CT molecular complexity index is 451. The number of carbonyl (C=O) groups is 2. The zero-order valence-corrected chi connectivity index (χ0v) is 9.74. The van der Waals surface area contributed by atoms with Gasteiger partial charge in [-0.05, 0) is 24.1 Å². The second-order valence-electron chi connectivity index (χ2n) is 3.75. The van der Waals surface area contributed by atoms with Crippen molar-refractivity contribution in [3.05, 3.63) is 29.8 Å². The Labute approximate surface area is 106 Å². The number of aryl methyl sites for hydroxylation is 1. The fraction of sp³-hybridized carbons (Fsp3) is 0.333. The molecule has 0 aliphatic heterocycles. The lowest BCUT2D eigenvalue weighted by Crippen LogP contribution is -2.22. The lowest BCUT2D eigenvalue weighted by molar-refractivity contribution is -0.171. The topological polar surface area (TPSA) is 63.6 Å². The van der Waals surface area contributed by atoms with Crippen molar-refractivity contribution in [1.29, 1.82) is 0 Å². The first-order chi connectivity index (χ1) is 8.79. The molecule has 0 heterocycles. The SMILES string of the molecule is O=C(O)COc1ccc(CCC(=O)C(F)(F)F)cc1. The van der Waals surface area contributed by atoms with Gasteiger partial charge in [-0.25, -0.2) is 4.79 Å². The molecule has 4 nitrogen and oxygen atoms in total. The quantitative estimate of drug-likeness (QED) is 0.865. The lowest BCUT2D eigenvalue weighted by atomic mass is 10.1. The molecule has 0 fully saturated rings. The van der Waals surface area contributed by atoms with E-state index in [9.17, 15) is 22.8 Å². The fourth-order valence-electron chi connectivity index (χ4n) is 1.30. The van der Waals surface area contributed by atoms with Gasteiger partial charge < -0.3 is 9.84 Å². The number of hydrogen-bond acceptors (Lipinski definition) is 3. The van der Waals surface area contributed by atoms with E-state index in [2.05, 4.69) is 0 Å². The second kappa shape index (κ2) is 6.21. The van der Waals surface area contributed by atoms with Crippen molar-refractivity contribution < 1.29 is 32.6 Å². The van der Waals surface area contributed by atoms with Crippen LogP contribution >= 0.6 is 0 Å². The molecule has 0 radical (unpaired) electrons. The van der Waals surface area contributed by atoms with E-state index in [0.29, 0.717) is 11.3 Å². The van der Waals surface area contributed by atoms with Crippen molar-refractivity contribution in [3.8, 4) is 5.75 Å². The highest BCUT2D eigenvalue weighted by atomic mass is 19.4. The maximum Gasteiger partial charge on any atom is 0.449 e. The van der Waals surface area contributed by atoms with Gasteiger partial charge in [-0.15, -0.1) is 0 Å². The Kier molecular flexibility index (Phi) is 4.91. The predicted molar refractivity (Wildman–Crippen MR) is 59.0 cm³/mol. The van der Waals surface area contributed by atoms with Crippen molar-refractivity contribution in [3.63, 3.8) is 0 Å². The zero-order chi connectivity index (χ0) is 14.5. The monoisotopic (exact) mass is 276 g/mol. The van der Waals surface area contributed by atoms with Crippen molar-refractivity contribution in [2.75, 3.05) is 6.61 Å². The molecule has 0 unspecified atom stereocenters. The molecule has 104 valence electrons. The standard InChI is InChI=1S/C12H11F3O4/c13-12(14,15)10(16)6-3-8-1-4-9(5-2-8)19-7-11(17)18/h1-2,4-5H,3,6-7H2,(H,17,18). The van der Waals surface area contributed by atoms with Gasteiger partial charge in [-0.3, -0.25) is 4.79 Å². The summed E-state index contributed by atoms with van der Waals surface area (Å²) in [7, 11) is 0. The third-order valence-corrected chi connectivity index (χ3v) is 2.24. The maximum absolute atomic E-state index is 12.0. The predicted octanol–water partition coefficient (Wildman–Crippen LogP) is 2.21. The molecule has 0 saturated heterocycles. The number of hydrogen-bond donors (Lipinski definition) is 1. The van der Waals surface area contributed by atoms with Gasteiger partial charge in [0.15, 0.2) is 6.61 Å². The van der Waals surface area contributed by atoms with Crippen molar-refractivity contribution >= 4 is 11.8 Å². The Hall–Kier alpha value is -2.05. The first-order valence-electron chi connectivity index (χ1n) is 5.32. The molecule has 0 saturated carbocycles. The molecule has 1 aromatic rings. The van der Waals surface area contributed by atoms with E-state index in [1.807, 2.05) is 0 Å². The smallest absolute Gasteiger partial charge is 0.449 e. The fourth-order valence-corrected chi connectivity index (χ4v) is 1.30. The number of ketones is 1. The number of ether oxygens (including phenoxy) is 1. The summed E-state index contributed by atoms with van der Waals surface area (Å²) in [4.78, 5) is 20.9. The molecule has 0 amide bonds. The average Bonchev–Trinajstić information content (AvgIpc) is 2.33. The molecule has 1 N–H and O–H groups in total. The highest BCUT2D eigenvalue weighted by Crippen LogP contribution is 2.20. The normalized spacial score (nSPS) is 11.1. The largest absolute Gasteiger partial charge is 0.482 e. The van der Waals surface area contributed by atoms with Gasteiger partial charge in [-0.1, -0.05) is 12.1 Å². The van der Waals surface area contributed by atoms with E-state index in [1.54, 1.807) is 0 Å². The van der Waals surface area contributed by atoms with Crippen LogP contribution in [0.2, 0.25) is 0 Å². The van der Waals surface area contributed by atoms with Crippen LogP contribution in [0, 0.1) is 0 Å². The number of benzene rings is 1. The van der Waals surface area contributed by atoms with E-state index < -0.39 is 31.0 Å². The Morgan fingerprint density at radius 3 is 2.21 bits per heavy atom. The zero-order valence-electron chi connectivity index (χ0n) is 9.74. The van der Waals surface area contributed by atoms with Crippen LogP contribution in [0.25, 0.3) is 0 Å². The summed E-state index contributed by atoms with van der Waals surface area (Å²) in [6.07, 6.45) is -5.44. The Morgan fingerprint density at radius 2 is 1.74 bits per heavy atom. The molecule has 0 aromatic heterocycles. The molecule has 0 aliphatic rings. The van der Waals surface area contributed by atoms with E-state index in [4.69, 9.17) is 9.84 Å². The Morgan fingerprint density at radius 1 is 1.16 bits per heavy atom.